The number of rotatable bonds is 5. The first-order valence-electron chi connectivity index (χ1n) is 10.4. The standard InChI is InChI=1S/C27H17Cl2NO3S/c28-19-11-8-17(9-12-19)16-33-24-13-10-18-4-1-2-7-22(18)23(24)15-25-26(31)30(27(32)34-25)21-6-3-5-20(29)14-21/h1-15H,16H2/b25-15+. The van der Waals surface area contributed by atoms with E-state index < -0.39 is 5.91 Å². The fourth-order valence-electron chi connectivity index (χ4n) is 3.73. The van der Waals surface area contributed by atoms with Crippen molar-refractivity contribution in [3.05, 3.63) is 111 Å². The highest BCUT2D eigenvalue weighted by Crippen LogP contribution is 2.39. The number of anilines is 1. The van der Waals surface area contributed by atoms with Crippen LogP contribution in [-0.2, 0) is 11.4 Å². The molecule has 2 amide bonds. The summed E-state index contributed by atoms with van der Waals surface area (Å²) < 4.78 is 6.15. The molecule has 0 saturated carbocycles. The number of ether oxygens (including phenoxy) is 1. The zero-order chi connectivity index (χ0) is 23.7. The van der Waals surface area contributed by atoms with E-state index in [0.29, 0.717) is 33.0 Å². The highest BCUT2D eigenvalue weighted by molar-refractivity contribution is 8.19. The highest BCUT2D eigenvalue weighted by atomic mass is 35.5. The lowest BCUT2D eigenvalue weighted by Crippen LogP contribution is -2.27. The molecule has 0 radical (unpaired) electrons. The third-order valence-electron chi connectivity index (χ3n) is 5.37. The van der Waals surface area contributed by atoms with Gasteiger partial charge in [-0.2, -0.15) is 0 Å². The van der Waals surface area contributed by atoms with E-state index in [1.165, 1.54) is 0 Å². The second kappa shape index (κ2) is 9.55. The van der Waals surface area contributed by atoms with E-state index in [0.717, 1.165) is 38.6 Å². The maximum absolute atomic E-state index is 13.2. The van der Waals surface area contributed by atoms with Gasteiger partial charge in [-0.25, -0.2) is 4.90 Å². The van der Waals surface area contributed by atoms with Crippen molar-refractivity contribution in [1.82, 2.24) is 0 Å². The molecule has 1 aliphatic rings. The minimum absolute atomic E-state index is 0.317. The van der Waals surface area contributed by atoms with Gasteiger partial charge in [0.05, 0.1) is 10.6 Å². The second-order valence-corrected chi connectivity index (χ2v) is 9.48. The highest BCUT2D eigenvalue weighted by Gasteiger charge is 2.36. The maximum Gasteiger partial charge on any atom is 0.298 e. The number of thioether (sulfide) groups is 1. The smallest absolute Gasteiger partial charge is 0.298 e. The van der Waals surface area contributed by atoms with Gasteiger partial charge in [-0.05, 0) is 70.6 Å². The molecule has 4 aromatic rings. The molecule has 168 valence electrons. The molecule has 1 heterocycles. The second-order valence-electron chi connectivity index (χ2n) is 7.61. The number of fused-ring (bicyclic) bond motifs is 1. The van der Waals surface area contributed by atoms with Gasteiger partial charge < -0.3 is 4.74 Å². The summed E-state index contributed by atoms with van der Waals surface area (Å²) in [7, 11) is 0. The van der Waals surface area contributed by atoms with Crippen LogP contribution >= 0.6 is 35.0 Å². The first kappa shape index (κ1) is 22.5. The average molecular weight is 506 g/mol. The van der Waals surface area contributed by atoms with E-state index in [9.17, 15) is 9.59 Å². The zero-order valence-electron chi connectivity index (χ0n) is 17.7. The van der Waals surface area contributed by atoms with Crippen LogP contribution in [0, 0.1) is 0 Å². The summed E-state index contributed by atoms with van der Waals surface area (Å²) in [5.74, 6) is 0.219. The molecular formula is C27H17Cl2NO3S. The summed E-state index contributed by atoms with van der Waals surface area (Å²) in [6.07, 6.45) is 1.73. The molecule has 0 spiro atoms. The lowest BCUT2D eigenvalue weighted by molar-refractivity contribution is -0.113. The van der Waals surface area contributed by atoms with Crippen LogP contribution in [0.25, 0.3) is 16.8 Å². The van der Waals surface area contributed by atoms with Gasteiger partial charge in [-0.1, -0.05) is 71.7 Å². The van der Waals surface area contributed by atoms with Crippen molar-refractivity contribution in [2.75, 3.05) is 4.90 Å². The van der Waals surface area contributed by atoms with Crippen molar-refractivity contribution >= 4 is 68.6 Å². The van der Waals surface area contributed by atoms with Gasteiger partial charge >= 0.3 is 0 Å². The third kappa shape index (κ3) is 4.55. The van der Waals surface area contributed by atoms with E-state index in [4.69, 9.17) is 27.9 Å². The predicted molar refractivity (Wildman–Crippen MR) is 140 cm³/mol. The number of imide groups is 1. The molecule has 1 aliphatic heterocycles. The van der Waals surface area contributed by atoms with Crippen LogP contribution in [-0.4, -0.2) is 11.1 Å². The van der Waals surface area contributed by atoms with Gasteiger partial charge in [0, 0.05) is 15.6 Å². The Morgan fingerprint density at radius 2 is 1.65 bits per heavy atom. The number of hydrogen-bond donors (Lipinski definition) is 0. The minimum atomic E-state index is -0.395. The molecule has 4 nitrogen and oxygen atoms in total. The first-order chi connectivity index (χ1) is 16.5. The quantitative estimate of drug-likeness (QED) is 0.258. The van der Waals surface area contributed by atoms with Gasteiger partial charge in [0.1, 0.15) is 12.4 Å². The molecule has 1 fully saturated rings. The Labute approximate surface area is 210 Å². The number of carbonyl (C=O) groups excluding carboxylic acids is 2. The van der Waals surface area contributed by atoms with Gasteiger partial charge in [-0.3, -0.25) is 9.59 Å². The molecule has 1 saturated heterocycles. The summed E-state index contributed by atoms with van der Waals surface area (Å²) in [4.78, 5) is 27.4. The fraction of sp³-hybridized carbons (Fsp3) is 0.0370. The van der Waals surface area contributed by atoms with Crippen LogP contribution in [0.2, 0.25) is 10.0 Å². The van der Waals surface area contributed by atoms with Gasteiger partial charge in [0.15, 0.2) is 0 Å². The van der Waals surface area contributed by atoms with E-state index >= 15 is 0 Å². The van der Waals surface area contributed by atoms with Crippen LogP contribution in [0.3, 0.4) is 0 Å². The van der Waals surface area contributed by atoms with Gasteiger partial charge in [0.25, 0.3) is 11.1 Å². The van der Waals surface area contributed by atoms with Gasteiger partial charge in [0.2, 0.25) is 0 Å². The molecule has 0 bridgehead atoms. The summed E-state index contributed by atoms with van der Waals surface area (Å²) >= 11 is 12.9. The van der Waals surface area contributed by atoms with Crippen LogP contribution in [0.5, 0.6) is 5.75 Å². The number of halogens is 2. The molecular weight excluding hydrogens is 489 g/mol. The van der Waals surface area contributed by atoms with Crippen LogP contribution < -0.4 is 9.64 Å². The molecule has 0 N–H and O–H groups in total. The minimum Gasteiger partial charge on any atom is -0.488 e. The molecule has 0 atom stereocenters. The summed E-state index contributed by atoms with van der Waals surface area (Å²) in [6, 6.07) is 25.8. The third-order valence-corrected chi connectivity index (χ3v) is 6.73. The van der Waals surface area contributed by atoms with Crippen molar-refractivity contribution < 1.29 is 14.3 Å². The Morgan fingerprint density at radius 3 is 2.44 bits per heavy atom. The number of nitrogens with zero attached hydrogens (tertiary/aromatic N) is 1. The van der Waals surface area contributed by atoms with Crippen LogP contribution in [0.15, 0.2) is 89.8 Å². The average Bonchev–Trinajstić information content (AvgIpc) is 3.12. The molecule has 4 aromatic carbocycles. The first-order valence-corrected chi connectivity index (χ1v) is 12.0. The molecule has 0 aromatic heterocycles. The van der Waals surface area contributed by atoms with Crippen molar-refractivity contribution in [3.8, 4) is 5.75 Å². The maximum atomic E-state index is 13.2. The lowest BCUT2D eigenvalue weighted by atomic mass is 10.0. The topological polar surface area (TPSA) is 46.6 Å². The van der Waals surface area contributed by atoms with E-state index in [-0.39, 0.29) is 5.24 Å². The number of carbonyl (C=O) groups is 2. The number of amides is 2. The van der Waals surface area contributed by atoms with E-state index in [1.54, 1.807) is 30.3 Å². The Morgan fingerprint density at radius 1 is 0.853 bits per heavy atom. The molecule has 7 heteroatoms. The number of hydrogen-bond acceptors (Lipinski definition) is 4. The largest absolute Gasteiger partial charge is 0.488 e. The SMILES string of the molecule is O=C1S/C(=C/c2c(OCc3ccc(Cl)cc3)ccc3ccccc23)C(=O)N1c1cccc(Cl)c1. The Hall–Kier alpha value is -3.25. The summed E-state index contributed by atoms with van der Waals surface area (Å²) in [5, 5.41) is 2.66. The Balaban J connectivity index is 1.53. The van der Waals surface area contributed by atoms with Crippen molar-refractivity contribution in [3.63, 3.8) is 0 Å². The monoisotopic (exact) mass is 505 g/mol. The van der Waals surface area contributed by atoms with Crippen LogP contribution in [0.4, 0.5) is 10.5 Å². The van der Waals surface area contributed by atoms with E-state index in [2.05, 4.69) is 0 Å². The van der Waals surface area contributed by atoms with Crippen molar-refractivity contribution in [2.45, 2.75) is 6.61 Å². The van der Waals surface area contributed by atoms with Crippen molar-refractivity contribution in [1.29, 1.82) is 0 Å². The molecule has 0 unspecified atom stereocenters. The Kier molecular flexibility index (Phi) is 6.33. The molecule has 0 aliphatic carbocycles. The fourth-order valence-corrected chi connectivity index (χ4v) is 4.86. The molecule has 34 heavy (non-hydrogen) atoms. The van der Waals surface area contributed by atoms with Crippen LogP contribution in [0.1, 0.15) is 11.1 Å². The normalized spacial score (nSPS) is 14.9. The summed E-state index contributed by atoms with van der Waals surface area (Å²) in [6.45, 7) is 0.334. The van der Waals surface area contributed by atoms with Crippen molar-refractivity contribution in [2.24, 2.45) is 0 Å². The predicted octanol–water partition coefficient (Wildman–Crippen LogP) is 7.97. The zero-order valence-corrected chi connectivity index (χ0v) is 20.0. The van der Waals surface area contributed by atoms with Gasteiger partial charge in [-0.15, -0.1) is 0 Å². The molecule has 5 rings (SSSR count). The lowest BCUT2D eigenvalue weighted by Gasteiger charge is -2.14. The Bertz CT molecular complexity index is 1450. The van der Waals surface area contributed by atoms with E-state index in [1.807, 2.05) is 60.7 Å². The summed E-state index contributed by atoms with van der Waals surface area (Å²) in [5.41, 5.74) is 2.14. The number of benzene rings is 4.